The van der Waals surface area contributed by atoms with Crippen molar-refractivity contribution in [3.8, 4) is 5.75 Å². The molecule has 5 nitrogen and oxygen atoms in total. The van der Waals surface area contributed by atoms with E-state index in [1.807, 2.05) is 12.1 Å². The molecule has 2 atom stereocenters. The minimum Gasteiger partial charge on any atom is -0.497 e. The first-order chi connectivity index (χ1) is 15.1. The zero-order valence-electron chi connectivity index (χ0n) is 18.5. The quantitative estimate of drug-likeness (QED) is 0.457. The molecule has 0 amide bonds. The molecule has 2 aromatic heterocycles. The third-order valence-corrected chi connectivity index (χ3v) is 6.63. The average molecular weight is 415 g/mol. The van der Waals surface area contributed by atoms with Crippen LogP contribution < -0.4 is 15.4 Å². The van der Waals surface area contributed by atoms with Crippen LogP contribution in [-0.4, -0.2) is 28.7 Å². The summed E-state index contributed by atoms with van der Waals surface area (Å²) in [6.45, 7) is 3.04. The molecule has 0 saturated heterocycles. The molecule has 0 radical (unpaired) electrons. The summed E-state index contributed by atoms with van der Waals surface area (Å²) in [5.74, 6) is 1.84. The number of para-hydroxylation sites is 1. The van der Waals surface area contributed by atoms with Crippen LogP contribution >= 0.6 is 0 Å². The molecule has 2 N–H and O–H groups in total. The maximum Gasteiger partial charge on any atom is 0.127 e. The number of pyridine rings is 1. The second kappa shape index (κ2) is 8.23. The van der Waals surface area contributed by atoms with E-state index in [0.717, 1.165) is 41.9 Å². The van der Waals surface area contributed by atoms with E-state index in [0.29, 0.717) is 12.1 Å². The van der Waals surface area contributed by atoms with E-state index in [9.17, 15) is 0 Å². The number of fused-ring (bicyclic) bond motifs is 2. The van der Waals surface area contributed by atoms with Crippen LogP contribution in [0.5, 0.6) is 5.75 Å². The van der Waals surface area contributed by atoms with Crippen molar-refractivity contribution in [2.45, 2.75) is 44.8 Å². The summed E-state index contributed by atoms with van der Waals surface area (Å²) in [4.78, 5) is 4.84. The van der Waals surface area contributed by atoms with Gasteiger partial charge in [-0.05, 0) is 73.5 Å². The number of aryl methyl sites for hydroxylation is 2. The minimum atomic E-state index is 0.451. The summed E-state index contributed by atoms with van der Waals surface area (Å²) in [5.41, 5.74) is 4.85. The molecule has 2 heterocycles. The van der Waals surface area contributed by atoms with Crippen LogP contribution in [0.2, 0.25) is 0 Å². The molecule has 4 aromatic rings. The molecule has 1 saturated carbocycles. The zero-order valence-corrected chi connectivity index (χ0v) is 18.5. The highest BCUT2D eigenvalue weighted by Crippen LogP contribution is 2.28. The van der Waals surface area contributed by atoms with Crippen molar-refractivity contribution in [1.82, 2.24) is 14.9 Å². The fourth-order valence-electron chi connectivity index (χ4n) is 4.85. The summed E-state index contributed by atoms with van der Waals surface area (Å²) >= 11 is 0. The van der Waals surface area contributed by atoms with Gasteiger partial charge >= 0.3 is 0 Å². The van der Waals surface area contributed by atoms with Gasteiger partial charge < -0.3 is 19.9 Å². The van der Waals surface area contributed by atoms with Gasteiger partial charge in [-0.3, -0.25) is 0 Å². The molecule has 0 spiro atoms. The Morgan fingerprint density at radius 3 is 2.74 bits per heavy atom. The predicted octanol–water partition coefficient (Wildman–Crippen LogP) is 5.17. The molecule has 2 aromatic carbocycles. The van der Waals surface area contributed by atoms with Crippen LogP contribution in [0.15, 0.2) is 54.6 Å². The Bertz CT molecular complexity index is 1230. The van der Waals surface area contributed by atoms with Gasteiger partial charge in [-0.2, -0.15) is 0 Å². The molecular formula is C26H30N4O. The monoisotopic (exact) mass is 414 g/mol. The highest BCUT2D eigenvalue weighted by molar-refractivity contribution is 5.85. The standard InChI is InChI=1S/C26H30N4O/c1-17-12-26(29-24-11-10-22(31-3)15-23(17)24)28-20-9-8-19(14-20)27-16-21-13-18-6-4-5-7-25(18)30(21)2/h4-7,10-13,15,19-20,27H,8-9,14,16H2,1-3H3,(H,28,29)/t19-,20-/m0/s1. The Hall–Kier alpha value is -3.05. The average Bonchev–Trinajstić information content (AvgIpc) is 3.36. The van der Waals surface area contributed by atoms with E-state index in [2.05, 4.69) is 71.6 Å². The minimum absolute atomic E-state index is 0.451. The van der Waals surface area contributed by atoms with E-state index < -0.39 is 0 Å². The molecule has 5 rings (SSSR count). The topological polar surface area (TPSA) is 51.1 Å². The summed E-state index contributed by atoms with van der Waals surface area (Å²) in [6, 6.07) is 20.1. The summed E-state index contributed by atoms with van der Waals surface area (Å²) in [7, 11) is 3.85. The van der Waals surface area contributed by atoms with Gasteiger partial charge in [0.15, 0.2) is 0 Å². The Balaban J connectivity index is 1.22. The number of benzene rings is 2. The van der Waals surface area contributed by atoms with Gasteiger partial charge in [0.2, 0.25) is 0 Å². The number of ether oxygens (including phenoxy) is 1. The molecule has 31 heavy (non-hydrogen) atoms. The van der Waals surface area contributed by atoms with E-state index in [1.165, 1.54) is 28.6 Å². The van der Waals surface area contributed by atoms with Gasteiger partial charge in [0.05, 0.1) is 12.6 Å². The molecule has 0 bridgehead atoms. The molecule has 1 fully saturated rings. The van der Waals surface area contributed by atoms with Crippen molar-refractivity contribution >= 4 is 27.6 Å². The van der Waals surface area contributed by atoms with Crippen LogP contribution in [0, 0.1) is 6.92 Å². The second-order valence-electron chi connectivity index (χ2n) is 8.69. The van der Waals surface area contributed by atoms with Crippen LogP contribution in [-0.2, 0) is 13.6 Å². The van der Waals surface area contributed by atoms with Crippen molar-refractivity contribution in [1.29, 1.82) is 0 Å². The number of nitrogens with one attached hydrogen (secondary N) is 2. The lowest BCUT2D eigenvalue weighted by Gasteiger charge is -2.16. The third kappa shape index (κ3) is 3.98. The molecule has 1 aliphatic rings. The van der Waals surface area contributed by atoms with Gasteiger partial charge in [0.25, 0.3) is 0 Å². The molecular weight excluding hydrogens is 384 g/mol. The van der Waals surface area contributed by atoms with Crippen molar-refractivity contribution in [2.75, 3.05) is 12.4 Å². The van der Waals surface area contributed by atoms with Crippen LogP contribution in [0.25, 0.3) is 21.8 Å². The molecule has 0 aliphatic heterocycles. The van der Waals surface area contributed by atoms with Gasteiger partial charge in [0, 0.05) is 42.3 Å². The third-order valence-electron chi connectivity index (χ3n) is 6.63. The highest BCUT2D eigenvalue weighted by atomic mass is 16.5. The Labute approximate surface area is 183 Å². The normalized spacial score (nSPS) is 18.7. The number of aromatic nitrogens is 2. The van der Waals surface area contributed by atoms with Gasteiger partial charge in [0.1, 0.15) is 11.6 Å². The summed E-state index contributed by atoms with van der Waals surface area (Å²) < 4.78 is 7.65. The fourth-order valence-corrected chi connectivity index (χ4v) is 4.85. The van der Waals surface area contributed by atoms with Crippen LogP contribution in [0.4, 0.5) is 5.82 Å². The van der Waals surface area contributed by atoms with Crippen molar-refractivity contribution < 1.29 is 4.74 Å². The Morgan fingerprint density at radius 2 is 1.90 bits per heavy atom. The van der Waals surface area contributed by atoms with Crippen molar-refractivity contribution in [2.24, 2.45) is 7.05 Å². The summed E-state index contributed by atoms with van der Waals surface area (Å²) in [6.07, 6.45) is 3.46. The van der Waals surface area contributed by atoms with E-state index in [1.54, 1.807) is 7.11 Å². The molecule has 0 unspecified atom stereocenters. The van der Waals surface area contributed by atoms with Gasteiger partial charge in [-0.25, -0.2) is 4.98 Å². The summed E-state index contributed by atoms with van der Waals surface area (Å²) in [5, 5.41) is 9.90. The van der Waals surface area contributed by atoms with E-state index in [4.69, 9.17) is 9.72 Å². The zero-order chi connectivity index (χ0) is 21.4. The van der Waals surface area contributed by atoms with Crippen molar-refractivity contribution in [3.05, 3.63) is 65.9 Å². The molecule has 5 heteroatoms. The Morgan fingerprint density at radius 1 is 1.06 bits per heavy atom. The Kier molecular flexibility index (Phi) is 5.28. The smallest absolute Gasteiger partial charge is 0.127 e. The second-order valence-corrected chi connectivity index (χ2v) is 8.69. The van der Waals surface area contributed by atoms with Gasteiger partial charge in [-0.1, -0.05) is 18.2 Å². The lowest BCUT2D eigenvalue weighted by molar-refractivity contribution is 0.415. The van der Waals surface area contributed by atoms with Crippen LogP contribution in [0.1, 0.15) is 30.5 Å². The number of methoxy groups -OCH3 is 1. The maximum absolute atomic E-state index is 5.35. The number of hydrogen-bond acceptors (Lipinski definition) is 4. The lowest BCUT2D eigenvalue weighted by Crippen LogP contribution is -2.28. The number of rotatable bonds is 6. The first-order valence-electron chi connectivity index (χ1n) is 11.1. The number of anilines is 1. The first-order valence-corrected chi connectivity index (χ1v) is 11.1. The van der Waals surface area contributed by atoms with Gasteiger partial charge in [-0.15, -0.1) is 0 Å². The largest absolute Gasteiger partial charge is 0.497 e. The SMILES string of the molecule is COc1ccc2nc(N[C@H]3CC[C@H](NCc4cc5ccccc5n4C)C3)cc(C)c2c1. The number of nitrogens with zero attached hydrogens (tertiary/aromatic N) is 2. The first kappa shape index (κ1) is 19.9. The maximum atomic E-state index is 5.35. The van der Waals surface area contributed by atoms with E-state index in [-0.39, 0.29) is 0 Å². The molecule has 1 aliphatic carbocycles. The predicted molar refractivity (Wildman–Crippen MR) is 128 cm³/mol. The molecule has 160 valence electrons. The lowest BCUT2D eigenvalue weighted by atomic mass is 10.1. The van der Waals surface area contributed by atoms with Crippen LogP contribution in [0.3, 0.4) is 0 Å². The van der Waals surface area contributed by atoms with E-state index >= 15 is 0 Å². The fraction of sp³-hybridized carbons (Fsp3) is 0.346. The highest BCUT2D eigenvalue weighted by Gasteiger charge is 2.25. The van der Waals surface area contributed by atoms with Crippen molar-refractivity contribution in [3.63, 3.8) is 0 Å². The number of hydrogen-bond donors (Lipinski definition) is 2.